The highest BCUT2D eigenvalue weighted by atomic mass is 16.5. The van der Waals surface area contributed by atoms with E-state index >= 15 is 0 Å². The first kappa shape index (κ1) is 12.9. The minimum Gasteiger partial charge on any atom is -0.375 e. The van der Waals surface area contributed by atoms with Crippen LogP contribution in [0.5, 0.6) is 0 Å². The lowest BCUT2D eigenvalue weighted by Gasteiger charge is -2.41. The van der Waals surface area contributed by atoms with Gasteiger partial charge in [0.25, 0.3) is 0 Å². The van der Waals surface area contributed by atoms with Crippen LogP contribution < -0.4 is 5.32 Å². The molecule has 1 N–H and O–H groups in total. The largest absolute Gasteiger partial charge is 0.375 e. The molecular weight excluding hydrogens is 224 g/mol. The first-order valence-corrected chi connectivity index (χ1v) is 7.75. The van der Waals surface area contributed by atoms with Gasteiger partial charge in [-0.05, 0) is 65.0 Å². The van der Waals surface area contributed by atoms with Gasteiger partial charge in [0.15, 0.2) is 0 Å². The molecule has 0 radical (unpaired) electrons. The normalized spacial score (nSPS) is 38.3. The third-order valence-electron chi connectivity index (χ3n) is 4.84. The molecule has 1 aliphatic carbocycles. The molecule has 2 unspecified atom stereocenters. The highest BCUT2D eigenvalue weighted by Gasteiger charge is 2.37. The lowest BCUT2D eigenvalue weighted by atomic mass is 9.92. The second-order valence-electron chi connectivity index (χ2n) is 7.00. The Kier molecular flexibility index (Phi) is 3.65. The zero-order valence-corrected chi connectivity index (χ0v) is 12.0. The first-order valence-electron chi connectivity index (χ1n) is 7.75. The standard InChI is InChI=1S/C15H28N2O/c1-15(2)10-13(6-9-18-15)17-8-3-7-16-14(11-17)12-4-5-12/h12-14,16H,3-11H2,1-2H3. The Hall–Kier alpha value is -0.120. The van der Waals surface area contributed by atoms with Crippen molar-refractivity contribution in [2.75, 3.05) is 26.2 Å². The van der Waals surface area contributed by atoms with Gasteiger partial charge in [0, 0.05) is 25.2 Å². The van der Waals surface area contributed by atoms with Gasteiger partial charge < -0.3 is 10.1 Å². The van der Waals surface area contributed by atoms with Crippen molar-refractivity contribution in [1.82, 2.24) is 10.2 Å². The van der Waals surface area contributed by atoms with Crippen LogP contribution in [0.1, 0.15) is 46.0 Å². The van der Waals surface area contributed by atoms with Crippen LogP contribution in [0.25, 0.3) is 0 Å². The number of hydrogen-bond acceptors (Lipinski definition) is 3. The van der Waals surface area contributed by atoms with Crippen LogP contribution >= 0.6 is 0 Å². The van der Waals surface area contributed by atoms with Gasteiger partial charge in [-0.3, -0.25) is 4.90 Å². The third kappa shape index (κ3) is 3.06. The molecule has 3 aliphatic rings. The molecule has 0 amide bonds. The van der Waals surface area contributed by atoms with Gasteiger partial charge in [0.05, 0.1) is 5.60 Å². The molecule has 104 valence electrons. The van der Waals surface area contributed by atoms with Crippen LogP contribution in [0.15, 0.2) is 0 Å². The van der Waals surface area contributed by atoms with Crippen molar-refractivity contribution in [3.63, 3.8) is 0 Å². The molecule has 2 heterocycles. The Morgan fingerprint density at radius 2 is 2.06 bits per heavy atom. The number of hydrogen-bond donors (Lipinski definition) is 1. The Balaban J connectivity index is 1.62. The minimum atomic E-state index is 0.0811. The summed E-state index contributed by atoms with van der Waals surface area (Å²) in [7, 11) is 0. The summed E-state index contributed by atoms with van der Waals surface area (Å²) >= 11 is 0. The maximum Gasteiger partial charge on any atom is 0.0641 e. The Bertz CT molecular complexity index is 288. The van der Waals surface area contributed by atoms with Gasteiger partial charge in [-0.25, -0.2) is 0 Å². The molecule has 3 nitrogen and oxygen atoms in total. The highest BCUT2D eigenvalue weighted by Crippen LogP contribution is 2.35. The summed E-state index contributed by atoms with van der Waals surface area (Å²) in [5.41, 5.74) is 0.0811. The fraction of sp³-hybridized carbons (Fsp3) is 1.00. The fourth-order valence-corrected chi connectivity index (χ4v) is 3.64. The molecule has 1 saturated carbocycles. The van der Waals surface area contributed by atoms with Crippen molar-refractivity contribution in [2.45, 2.75) is 63.6 Å². The molecule has 0 bridgehead atoms. The molecule has 3 fully saturated rings. The summed E-state index contributed by atoms with van der Waals surface area (Å²) in [6.07, 6.45) is 6.63. The Morgan fingerprint density at radius 1 is 1.22 bits per heavy atom. The van der Waals surface area contributed by atoms with Crippen LogP contribution in [0.3, 0.4) is 0 Å². The summed E-state index contributed by atoms with van der Waals surface area (Å²) < 4.78 is 5.86. The van der Waals surface area contributed by atoms with Gasteiger partial charge in [-0.2, -0.15) is 0 Å². The molecule has 0 spiro atoms. The van der Waals surface area contributed by atoms with Crippen molar-refractivity contribution in [2.24, 2.45) is 5.92 Å². The third-order valence-corrected chi connectivity index (χ3v) is 4.84. The molecule has 3 heteroatoms. The van der Waals surface area contributed by atoms with Crippen molar-refractivity contribution in [3.05, 3.63) is 0 Å². The molecule has 0 aromatic rings. The van der Waals surface area contributed by atoms with E-state index in [0.29, 0.717) is 0 Å². The summed E-state index contributed by atoms with van der Waals surface area (Å²) in [4.78, 5) is 2.76. The van der Waals surface area contributed by atoms with E-state index in [1.807, 2.05) is 0 Å². The van der Waals surface area contributed by atoms with Crippen LogP contribution in [-0.2, 0) is 4.74 Å². The Morgan fingerprint density at radius 3 is 2.78 bits per heavy atom. The van der Waals surface area contributed by atoms with E-state index in [-0.39, 0.29) is 5.60 Å². The van der Waals surface area contributed by atoms with Crippen molar-refractivity contribution in [1.29, 1.82) is 0 Å². The lowest BCUT2D eigenvalue weighted by molar-refractivity contribution is -0.0834. The van der Waals surface area contributed by atoms with E-state index in [9.17, 15) is 0 Å². The van der Waals surface area contributed by atoms with Gasteiger partial charge in [-0.1, -0.05) is 0 Å². The second kappa shape index (κ2) is 5.10. The van der Waals surface area contributed by atoms with Gasteiger partial charge in [0.2, 0.25) is 0 Å². The fourth-order valence-electron chi connectivity index (χ4n) is 3.64. The number of nitrogens with one attached hydrogen (secondary N) is 1. The van der Waals surface area contributed by atoms with Crippen LogP contribution in [0, 0.1) is 5.92 Å². The van der Waals surface area contributed by atoms with E-state index in [0.717, 1.165) is 24.6 Å². The summed E-state index contributed by atoms with van der Waals surface area (Å²) in [5.74, 6) is 0.971. The van der Waals surface area contributed by atoms with E-state index in [1.165, 1.54) is 51.7 Å². The first-order chi connectivity index (χ1) is 8.64. The van der Waals surface area contributed by atoms with Crippen LogP contribution in [0.4, 0.5) is 0 Å². The lowest BCUT2D eigenvalue weighted by Crippen LogP contribution is -2.49. The van der Waals surface area contributed by atoms with E-state index in [1.54, 1.807) is 0 Å². The molecule has 0 aromatic carbocycles. The number of rotatable bonds is 2. The zero-order chi connectivity index (χ0) is 12.6. The summed E-state index contributed by atoms with van der Waals surface area (Å²) in [6, 6.07) is 1.51. The van der Waals surface area contributed by atoms with E-state index < -0.39 is 0 Å². The average molecular weight is 252 g/mol. The van der Waals surface area contributed by atoms with E-state index in [4.69, 9.17) is 4.74 Å². The maximum absolute atomic E-state index is 5.86. The zero-order valence-electron chi connectivity index (χ0n) is 12.0. The monoisotopic (exact) mass is 252 g/mol. The highest BCUT2D eigenvalue weighted by molar-refractivity contribution is 4.93. The molecule has 3 rings (SSSR count). The summed E-state index contributed by atoms with van der Waals surface area (Å²) in [6.45, 7) is 9.18. The molecule has 2 atom stereocenters. The van der Waals surface area contributed by atoms with Gasteiger partial charge in [0.1, 0.15) is 0 Å². The molecule has 2 saturated heterocycles. The molecule has 2 aliphatic heterocycles. The van der Waals surface area contributed by atoms with Gasteiger partial charge >= 0.3 is 0 Å². The smallest absolute Gasteiger partial charge is 0.0641 e. The average Bonchev–Trinajstić information content (AvgIpc) is 3.14. The SMILES string of the molecule is CC1(C)CC(N2CCCNC(C3CC3)C2)CCO1. The van der Waals surface area contributed by atoms with Crippen molar-refractivity contribution in [3.8, 4) is 0 Å². The van der Waals surface area contributed by atoms with E-state index in [2.05, 4.69) is 24.1 Å². The maximum atomic E-state index is 5.86. The summed E-state index contributed by atoms with van der Waals surface area (Å²) in [5, 5.41) is 3.76. The van der Waals surface area contributed by atoms with Crippen molar-refractivity contribution >= 4 is 0 Å². The number of ether oxygens (including phenoxy) is 1. The molecular formula is C15H28N2O. The minimum absolute atomic E-state index is 0.0811. The second-order valence-corrected chi connectivity index (χ2v) is 7.00. The van der Waals surface area contributed by atoms with Crippen molar-refractivity contribution < 1.29 is 4.74 Å². The molecule has 0 aromatic heterocycles. The molecule has 18 heavy (non-hydrogen) atoms. The van der Waals surface area contributed by atoms with Crippen LogP contribution in [-0.4, -0.2) is 48.8 Å². The predicted octanol–water partition coefficient (Wildman–Crippen LogP) is 2.02. The topological polar surface area (TPSA) is 24.5 Å². The predicted molar refractivity (Wildman–Crippen MR) is 73.8 cm³/mol. The quantitative estimate of drug-likeness (QED) is 0.814. The number of nitrogens with zero attached hydrogens (tertiary/aromatic N) is 1. The van der Waals surface area contributed by atoms with Gasteiger partial charge in [-0.15, -0.1) is 0 Å². The van der Waals surface area contributed by atoms with Crippen LogP contribution in [0.2, 0.25) is 0 Å². The Labute approximate surface area is 111 Å².